The van der Waals surface area contributed by atoms with Gasteiger partial charge < -0.3 is 10.3 Å². The molecule has 1 heterocycles. The van der Waals surface area contributed by atoms with Crippen molar-refractivity contribution in [1.29, 1.82) is 5.26 Å². The van der Waals surface area contributed by atoms with Crippen LogP contribution in [0.2, 0.25) is 0 Å². The second kappa shape index (κ2) is 6.40. The van der Waals surface area contributed by atoms with E-state index >= 15 is 0 Å². The SMILES string of the molecule is Cn1cnnc1CC[C@@](C)(C#N)CCc1cccc(N)c1. The topological polar surface area (TPSA) is 80.5 Å². The summed E-state index contributed by atoms with van der Waals surface area (Å²) in [6.45, 7) is 2.01. The maximum absolute atomic E-state index is 9.50. The first-order chi connectivity index (χ1) is 10.0. The lowest BCUT2D eigenvalue weighted by Crippen LogP contribution is -2.17. The maximum atomic E-state index is 9.50. The molecular weight excluding hydrogens is 262 g/mol. The van der Waals surface area contributed by atoms with Crippen molar-refractivity contribution in [3.8, 4) is 6.07 Å². The molecule has 0 aliphatic carbocycles. The number of nitriles is 1. The molecule has 0 radical (unpaired) electrons. The predicted molar refractivity (Wildman–Crippen MR) is 82.2 cm³/mol. The Bertz CT molecular complexity index is 640. The highest BCUT2D eigenvalue weighted by atomic mass is 15.2. The zero-order valence-electron chi connectivity index (χ0n) is 12.6. The van der Waals surface area contributed by atoms with Crippen LogP contribution in [0.15, 0.2) is 30.6 Å². The van der Waals surface area contributed by atoms with Crippen molar-refractivity contribution in [2.45, 2.75) is 32.6 Å². The normalized spacial score (nSPS) is 13.6. The van der Waals surface area contributed by atoms with Gasteiger partial charge in [-0.05, 0) is 43.9 Å². The van der Waals surface area contributed by atoms with Gasteiger partial charge in [0.1, 0.15) is 12.2 Å². The highest BCUT2D eigenvalue weighted by Gasteiger charge is 2.24. The van der Waals surface area contributed by atoms with Gasteiger partial charge in [-0.3, -0.25) is 0 Å². The number of aryl methyl sites for hydroxylation is 3. The summed E-state index contributed by atoms with van der Waals surface area (Å²) in [6.07, 6.45) is 4.89. The summed E-state index contributed by atoms with van der Waals surface area (Å²) >= 11 is 0. The first-order valence-electron chi connectivity index (χ1n) is 7.11. The van der Waals surface area contributed by atoms with Crippen LogP contribution in [0, 0.1) is 16.7 Å². The molecule has 1 aromatic heterocycles. The van der Waals surface area contributed by atoms with Gasteiger partial charge in [0, 0.05) is 19.2 Å². The van der Waals surface area contributed by atoms with Gasteiger partial charge in [-0.2, -0.15) is 5.26 Å². The Morgan fingerprint density at radius 3 is 2.71 bits per heavy atom. The summed E-state index contributed by atoms with van der Waals surface area (Å²) in [5.74, 6) is 0.917. The average molecular weight is 283 g/mol. The molecule has 0 saturated carbocycles. The largest absolute Gasteiger partial charge is 0.399 e. The van der Waals surface area contributed by atoms with Crippen molar-refractivity contribution in [3.63, 3.8) is 0 Å². The van der Waals surface area contributed by atoms with Crippen LogP contribution >= 0.6 is 0 Å². The fourth-order valence-electron chi connectivity index (χ4n) is 2.33. The van der Waals surface area contributed by atoms with E-state index in [1.54, 1.807) is 6.33 Å². The van der Waals surface area contributed by atoms with Gasteiger partial charge in [-0.15, -0.1) is 10.2 Å². The van der Waals surface area contributed by atoms with Gasteiger partial charge >= 0.3 is 0 Å². The van der Waals surface area contributed by atoms with Gasteiger partial charge in [0.05, 0.1) is 11.5 Å². The van der Waals surface area contributed by atoms with E-state index in [1.807, 2.05) is 36.7 Å². The van der Waals surface area contributed by atoms with Crippen molar-refractivity contribution in [1.82, 2.24) is 14.8 Å². The molecule has 1 atom stereocenters. The minimum atomic E-state index is -0.365. The van der Waals surface area contributed by atoms with Crippen LogP contribution in [0.25, 0.3) is 0 Å². The van der Waals surface area contributed by atoms with E-state index in [4.69, 9.17) is 5.73 Å². The number of nitrogen functional groups attached to an aromatic ring is 1. The minimum absolute atomic E-state index is 0.365. The van der Waals surface area contributed by atoms with Crippen molar-refractivity contribution in [2.24, 2.45) is 12.5 Å². The molecule has 0 aliphatic heterocycles. The van der Waals surface area contributed by atoms with Gasteiger partial charge in [0.2, 0.25) is 0 Å². The molecular formula is C16H21N5. The molecule has 0 fully saturated rings. The third-order valence-electron chi connectivity index (χ3n) is 3.89. The van der Waals surface area contributed by atoms with Gasteiger partial charge in [0.25, 0.3) is 0 Å². The number of aromatic nitrogens is 3. The van der Waals surface area contributed by atoms with Crippen LogP contribution in [0.5, 0.6) is 0 Å². The van der Waals surface area contributed by atoms with Crippen LogP contribution in [0.4, 0.5) is 5.69 Å². The second-order valence-electron chi connectivity index (χ2n) is 5.78. The number of nitrogens with two attached hydrogens (primary N) is 1. The van der Waals surface area contributed by atoms with Crippen molar-refractivity contribution in [3.05, 3.63) is 42.0 Å². The fraction of sp³-hybridized carbons (Fsp3) is 0.438. The third-order valence-corrected chi connectivity index (χ3v) is 3.89. The Balaban J connectivity index is 1.95. The molecule has 2 aromatic rings. The summed E-state index contributed by atoms with van der Waals surface area (Å²) < 4.78 is 1.90. The Kier molecular flexibility index (Phi) is 4.59. The van der Waals surface area contributed by atoms with Gasteiger partial charge in [-0.1, -0.05) is 12.1 Å². The van der Waals surface area contributed by atoms with E-state index in [1.165, 1.54) is 5.56 Å². The van der Waals surface area contributed by atoms with E-state index in [0.717, 1.165) is 37.2 Å². The van der Waals surface area contributed by atoms with Crippen molar-refractivity contribution < 1.29 is 0 Å². The maximum Gasteiger partial charge on any atom is 0.132 e. The molecule has 0 spiro atoms. The lowest BCUT2D eigenvalue weighted by molar-refractivity contribution is 0.368. The first kappa shape index (κ1) is 15.0. The molecule has 110 valence electrons. The van der Waals surface area contributed by atoms with Gasteiger partial charge in [0.15, 0.2) is 0 Å². The lowest BCUT2D eigenvalue weighted by atomic mass is 9.81. The lowest BCUT2D eigenvalue weighted by Gasteiger charge is -2.21. The Morgan fingerprint density at radius 1 is 1.33 bits per heavy atom. The van der Waals surface area contributed by atoms with E-state index in [2.05, 4.69) is 22.3 Å². The highest BCUT2D eigenvalue weighted by Crippen LogP contribution is 2.28. The molecule has 0 saturated heterocycles. The van der Waals surface area contributed by atoms with E-state index in [0.29, 0.717) is 0 Å². The number of rotatable bonds is 6. The van der Waals surface area contributed by atoms with Crippen LogP contribution in [0.1, 0.15) is 31.2 Å². The Hall–Kier alpha value is -2.35. The second-order valence-corrected chi connectivity index (χ2v) is 5.78. The zero-order valence-corrected chi connectivity index (χ0v) is 12.6. The van der Waals surface area contributed by atoms with Crippen LogP contribution in [0.3, 0.4) is 0 Å². The molecule has 0 amide bonds. The summed E-state index contributed by atoms with van der Waals surface area (Å²) in [7, 11) is 1.92. The molecule has 21 heavy (non-hydrogen) atoms. The Labute approximate surface area is 125 Å². The average Bonchev–Trinajstić information content (AvgIpc) is 2.89. The quantitative estimate of drug-likeness (QED) is 0.826. The van der Waals surface area contributed by atoms with E-state index in [-0.39, 0.29) is 5.41 Å². The number of benzene rings is 1. The number of hydrogen-bond acceptors (Lipinski definition) is 4. The summed E-state index contributed by atoms with van der Waals surface area (Å²) in [5, 5.41) is 17.4. The number of anilines is 1. The molecule has 2 N–H and O–H groups in total. The van der Waals surface area contributed by atoms with Crippen LogP contribution < -0.4 is 5.73 Å². The van der Waals surface area contributed by atoms with E-state index in [9.17, 15) is 5.26 Å². The van der Waals surface area contributed by atoms with Crippen LogP contribution in [-0.2, 0) is 19.9 Å². The summed E-state index contributed by atoms with van der Waals surface area (Å²) in [4.78, 5) is 0. The zero-order chi connectivity index (χ0) is 15.3. The summed E-state index contributed by atoms with van der Waals surface area (Å²) in [6, 6.07) is 10.3. The third kappa shape index (κ3) is 4.06. The minimum Gasteiger partial charge on any atom is -0.399 e. The molecule has 0 bridgehead atoms. The Morgan fingerprint density at radius 2 is 2.10 bits per heavy atom. The molecule has 1 aromatic carbocycles. The number of hydrogen-bond donors (Lipinski definition) is 1. The van der Waals surface area contributed by atoms with Crippen molar-refractivity contribution in [2.75, 3.05) is 5.73 Å². The predicted octanol–water partition coefficient (Wildman–Crippen LogP) is 2.49. The monoisotopic (exact) mass is 283 g/mol. The summed E-state index contributed by atoms with van der Waals surface area (Å²) in [5.41, 5.74) is 7.37. The highest BCUT2D eigenvalue weighted by molar-refractivity contribution is 5.40. The molecule has 2 rings (SSSR count). The van der Waals surface area contributed by atoms with E-state index < -0.39 is 0 Å². The standard InChI is InChI=1S/C16H21N5/c1-16(11-17,9-7-15-20-19-12-21(15)2)8-6-13-4-3-5-14(18)10-13/h3-5,10,12H,6-9,18H2,1-2H3/t16-/m0/s1. The molecule has 0 unspecified atom stereocenters. The fourth-order valence-corrected chi connectivity index (χ4v) is 2.33. The first-order valence-corrected chi connectivity index (χ1v) is 7.11. The van der Waals surface area contributed by atoms with Crippen molar-refractivity contribution >= 4 is 5.69 Å². The van der Waals surface area contributed by atoms with Crippen LogP contribution in [-0.4, -0.2) is 14.8 Å². The smallest absolute Gasteiger partial charge is 0.132 e. The van der Waals surface area contributed by atoms with Gasteiger partial charge in [-0.25, -0.2) is 0 Å². The molecule has 0 aliphatic rings. The molecule has 5 heteroatoms. The molecule has 5 nitrogen and oxygen atoms in total. The number of nitrogens with zero attached hydrogens (tertiary/aromatic N) is 4.